The van der Waals surface area contributed by atoms with Crippen molar-refractivity contribution in [3.05, 3.63) is 46.8 Å². The van der Waals surface area contributed by atoms with Gasteiger partial charge in [-0.05, 0) is 31.2 Å². The fraction of sp³-hybridized carbons (Fsp3) is 0.154. The highest BCUT2D eigenvalue weighted by molar-refractivity contribution is 5.87. The van der Waals surface area contributed by atoms with E-state index in [9.17, 15) is 9.59 Å². The van der Waals surface area contributed by atoms with Gasteiger partial charge in [-0.1, -0.05) is 5.16 Å². The number of benzene rings is 1. The molecule has 2 aromatic rings. The zero-order valence-corrected chi connectivity index (χ0v) is 10.5. The first kappa shape index (κ1) is 13.6. The van der Waals surface area contributed by atoms with Crippen molar-refractivity contribution >= 4 is 11.9 Å². The lowest BCUT2D eigenvalue weighted by molar-refractivity contribution is 0.0676. The molecular weight excluding hydrogens is 266 g/mol. The monoisotopic (exact) mass is 277 g/mol. The third kappa shape index (κ3) is 2.77. The van der Waals surface area contributed by atoms with Gasteiger partial charge in [0.1, 0.15) is 18.1 Å². The third-order valence-electron chi connectivity index (χ3n) is 2.67. The summed E-state index contributed by atoms with van der Waals surface area (Å²) in [6.45, 7) is 1.56. The molecule has 0 radical (unpaired) electrons. The Labute approximate surface area is 113 Å². The predicted octanol–water partition coefficient (Wildman–Crippen LogP) is 1.96. The van der Waals surface area contributed by atoms with Crippen molar-refractivity contribution in [2.45, 2.75) is 13.5 Å². The summed E-state index contributed by atoms with van der Waals surface area (Å²) in [6.07, 6.45) is 0. The number of rotatable bonds is 5. The van der Waals surface area contributed by atoms with Crippen LogP contribution in [0.15, 0.2) is 28.8 Å². The minimum Gasteiger partial charge on any atom is -0.489 e. The summed E-state index contributed by atoms with van der Waals surface area (Å²) in [5.74, 6) is -1.43. The molecule has 20 heavy (non-hydrogen) atoms. The van der Waals surface area contributed by atoms with Crippen molar-refractivity contribution in [2.24, 2.45) is 0 Å². The summed E-state index contributed by atoms with van der Waals surface area (Å²) in [5, 5.41) is 21.1. The molecule has 0 aliphatic heterocycles. The van der Waals surface area contributed by atoms with Crippen molar-refractivity contribution in [3.63, 3.8) is 0 Å². The van der Waals surface area contributed by atoms with E-state index in [1.807, 2.05) is 0 Å². The minimum absolute atomic E-state index is 0.0244. The van der Waals surface area contributed by atoms with Crippen molar-refractivity contribution in [3.8, 4) is 5.75 Å². The maximum atomic E-state index is 10.9. The van der Waals surface area contributed by atoms with Crippen molar-refractivity contribution in [2.75, 3.05) is 0 Å². The topological polar surface area (TPSA) is 110 Å². The van der Waals surface area contributed by atoms with E-state index in [-0.39, 0.29) is 17.9 Å². The standard InChI is InChI=1S/C13H11NO6/c1-7-10(11(13(17)18)14-20-7)6-19-9-4-2-8(3-5-9)12(15)16/h2-5H,6H2,1H3,(H,15,16)(H,17,18). The number of nitrogens with zero attached hydrogens (tertiary/aromatic N) is 1. The van der Waals surface area contributed by atoms with Gasteiger partial charge in [-0.2, -0.15) is 0 Å². The average Bonchev–Trinajstić information content (AvgIpc) is 2.78. The molecule has 0 spiro atoms. The molecule has 0 unspecified atom stereocenters. The number of ether oxygens (including phenoxy) is 1. The fourth-order valence-corrected chi connectivity index (χ4v) is 1.58. The highest BCUT2D eigenvalue weighted by Crippen LogP contribution is 2.18. The summed E-state index contributed by atoms with van der Waals surface area (Å²) in [5.41, 5.74) is 0.300. The maximum absolute atomic E-state index is 10.9. The smallest absolute Gasteiger partial charge is 0.358 e. The Morgan fingerprint density at radius 1 is 1.20 bits per heavy atom. The quantitative estimate of drug-likeness (QED) is 0.859. The molecule has 104 valence electrons. The molecule has 0 fully saturated rings. The van der Waals surface area contributed by atoms with Crippen LogP contribution < -0.4 is 4.74 Å². The zero-order chi connectivity index (χ0) is 14.7. The second-order valence-electron chi connectivity index (χ2n) is 3.99. The molecule has 0 saturated carbocycles. The van der Waals surface area contributed by atoms with E-state index in [0.29, 0.717) is 17.1 Å². The summed E-state index contributed by atoms with van der Waals surface area (Å²) in [7, 11) is 0. The Morgan fingerprint density at radius 3 is 2.40 bits per heavy atom. The maximum Gasteiger partial charge on any atom is 0.358 e. The molecule has 1 heterocycles. The van der Waals surface area contributed by atoms with Crippen LogP contribution in [0.4, 0.5) is 0 Å². The second-order valence-corrected chi connectivity index (χ2v) is 3.99. The highest BCUT2D eigenvalue weighted by atomic mass is 16.5. The van der Waals surface area contributed by atoms with Gasteiger partial charge in [0.15, 0.2) is 5.69 Å². The van der Waals surface area contributed by atoms with E-state index in [1.54, 1.807) is 6.92 Å². The molecule has 7 heteroatoms. The first-order valence-corrected chi connectivity index (χ1v) is 5.63. The van der Waals surface area contributed by atoms with E-state index in [1.165, 1.54) is 24.3 Å². The number of carboxylic acid groups (broad SMARTS) is 2. The van der Waals surface area contributed by atoms with Crippen LogP contribution in [0, 0.1) is 6.92 Å². The number of hydrogen-bond acceptors (Lipinski definition) is 5. The summed E-state index contributed by atoms with van der Waals surface area (Å²) in [6, 6.07) is 5.78. The molecule has 0 saturated heterocycles. The summed E-state index contributed by atoms with van der Waals surface area (Å²) < 4.78 is 10.2. The molecule has 0 bridgehead atoms. The Kier molecular flexibility index (Phi) is 3.69. The van der Waals surface area contributed by atoms with Gasteiger partial charge in [0, 0.05) is 0 Å². The Bertz CT molecular complexity index is 643. The van der Waals surface area contributed by atoms with Gasteiger partial charge in [-0.15, -0.1) is 0 Å². The fourth-order valence-electron chi connectivity index (χ4n) is 1.58. The second kappa shape index (κ2) is 5.43. The van der Waals surface area contributed by atoms with Gasteiger partial charge in [-0.25, -0.2) is 9.59 Å². The Morgan fingerprint density at radius 2 is 1.85 bits per heavy atom. The Hall–Kier alpha value is -2.83. The molecule has 2 rings (SSSR count). The molecule has 0 amide bonds. The summed E-state index contributed by atoms with van der Waals surface area (Å²) in [4.78, 5) is 21.6. The van der Waals surface area contributed by atoms with Crippen LogP contribution in [0.2, 0.25) is 0 Å². The van der Waals surface area contributed by atoms with Crippen molar-refractivity contribution < 1.29 is 29.1 Å². The van der Waals surface area contributed by atoms with Crippen LogP contribution in [0.3, 0.4) is 0 Å². The van der Waals surface area contributed by atoms with Crippen molar-refractivity contribution in [1.82, 2.24) is 5.16 Å². The van der Waals surface area contributed by atoms with Gasteiger partial charge < -0.3 is 19.5 Å². The molecule has 7 nitrogen and oxygen atoms in total. The van der Waals surface area contributed by atoms with E-state index >= 15 is 0 Å². The Balaban J connectivity index is 2.11. The lowest BCUT2D eigenvalue weighted by Crippen LogP contribution is -2.05. The van der Waals surface area contributed by atoms with Gasteiger partial charge >= 0.3 is 11.9 Å². The van der Waals surface area contributed by atoms with Crippen LogP contribution >= 0.6 is 0 Å². The van der Waals surface area contributed by atoms with E-state index in [4.69, 9.17) is 19.5 Å². The number of aryl methyl sites for hydroxylation is 1. The first-order valence-electron chi connectivity index (χ1n) is 5.63. The van der Waals surface area contributed by atoms with E-state index in [2.05, 4.69) is 5.16 Å². The van der Waals surface area contributed by atoms with Gasteiger partial charge in [-0.3, -0.25) is 0 Å². The molecule has 2 N–H and O–H groups in total. The molecule has 1 aromatic heterocycles. The lowest BCUT2D eigenvalue weighted by Gasteiger charge is -2.05. The minimum atomic E-state index is -1.19. The molecule has 0 atom stereocenters. The lowest BCUT2D eigenvalue weighted by atomic mass is 10.2. The van der Waals surface area contributed by atoms with E-state index in [0.717, 1.165) is 0 Å². The van der Waals surface area contributed by atoms with Crippen molar-refractivity contribution in [1.29, 1.82) is 0 Å². The number of aromatic carboxylic acids is 2. The van der Waals surface area contributed by atoms with Crippen LogP contribution in [0.5, 0.6) is 5.75 Å². The van der Waals surface area contributed by atoms with Gasteiger partial charge in [0.25, 0.3) is 0 Å². The average molecular weight is 277 g/mol. The van der Waals surface area contributed by atoms with Gasteiger partial charge in [0.05, 0.1) is 11.1 Å². The molecular formula is C13H11NO6. The number of carbonyl (C=O) groups is 2. The van der Waals surface area contributed by atoms with Crippen LogP contribution in [0.25, 0.3) is 0 Å². The predicted molar refractivity (Wildman–Crippen MR) is 65.9 cm³/mol. The number of aromatic nitrogens is 1. The highest BCUT2D eigenvalue weighted by Gasteiger charge is 2.19. The van der Waals surface area contributed by atoms with Crippen LogP contribution in [0.1, 0.15) is 32.2 Å². The zero-order valence-electron chi connectivity index (χ0n) is 10.5. The normalized spacial score (nSPS) is 10.2. The third-order valence-corrected chi connectivity index (χ3v) is 2.67. The van der Waals surface area contributed by atoms with Crippen LogP contribution in [-0.2, 0) is 6.61 Å². The molecule has 0 aliphatic rings. The SMILES string of the molecule is Cc1onc(C(=O)O)c1COc1ccc(C(=O)O)cc1. The summed E-state index contributed by atoms with van der Waals surface area (Å²) >= 11 is 0. The largest absolute Gasteiger partial charge is 0.489 e. The first-order chi connectivity index (χ1) is 9.49. The molecule has 0 aliphatic carbocycles. The number of carboxylic acids is 2. The number of hydrogen-bond donors (Lipinski definition) is 2. The van der Waals surface area contributed by atoms with Gasteiger partial charge in [0.2, 0.25) is 0 Å². The van der Waals surface area contributed by atoms with Crippen LogP contribution in [-0.4, -0.2) is 27.3 Å². The molecule has 1 aromatic carbocycles. The van der Waals surface area contributed by atoms with E-state index < -0.39 is 11.9 Å².